The van der Waals surface area contributed by atoms with Gasteiger partial charge in [0, 0.05) is 37.3 Å². The number of aryl methyl sites for hydroxylation is 1. The van der Waals surface area contributed by atoms with Gasteiger partial charge in [-0.3, -0.25) is 19.2 Å². The molecule has 0 bridgehead atoms. The van der Waals surface area contributed by atoms with E-state index in [1.54, 1.807) is 28.0 Å². The second-order valence-corrected chi connectivity index (χ2v) is 10.4. The lowest BCUT2D eigenvalue weighted by Crippen LogP contribution is -2.38. The largest absolute Gasteiger partial charge is 0.354 e. The number of hydrogen-bond donors (Lipinski definition) is 2. The molecule has 2 aromatic rings. The van der Waals surface area contributed by atoms with Crippen LogP contribution in [0.5, 0.6) is 0 Å². The lowest BCUT2D eigenvalue weighted by Gasteiger charge is -2.22. The van der Waals surface area contributed by atoms with Gasteiger partial charge in [0.25, 0.3) is 11.8 Å². The van der Waals surface area contributed by atoms with Crippen LogP contribution in [0, 0.1) is 6.92 Å². The minimum atomic E-state index is -0.284. The average molecular weight is 519 g/mol. The highest BCUT2D eigenvalue weighted by Crippen LogP contribution is 2.26. The maximum Gasteiger partial charge on any atom is 0.261 e. The van der Waals surface area contributed by atoms with Crippen LogP contribution in [0.4, 0.5) is 5.69 Å². The molecule has 2 saturated heterocycles. The third-order valence-corrected chi connectivity index (χ3v) is 7.18. The Labute approximate surface area is 198 Å². The van der Waals surface area contributed by atoms with Crippen molar-refractivity contribution in [1.29, 1.82) is 0 Å². The highest BCUT2D eigenvalue weighted by Gasteiger charge is 2.32. The molecule has 2 N–H and O–H groups in total. The van der Waals surface area contributed by atoms with E-state index >= 15 is 0 Å². The number of thiophene rings is 1. The minimum absolute atomic E-state index is 0.0484. The molecule has 2 aliphatic rings. The number of benzene rings is 1. The van der Waals surface area contributed by atoms with Crippen molar-refractivity contribution >= 4 is 56.6 Å². The second-order valence-electron chi connectivity index (χ2n) is 7.91. The van der Waals surface area contributed by atoms with Crippen LogP contribution in [-0.2, 0) is 9.59 Å². The molecule has 4 rings (SSSR count). The fraction of sp³-hybridized carbons (Fsp3) is 0.364. The number of anilines is 1. The van der Waals surface area contributed by atoms with E-state index in [4.69, 9.17) is 0 Å². The summed E-state index contributed by atoms with van der Waals surface area (Å²) in [7, 11) is 0. The van der Waals surface area contributed by atoms with Gasteiger partial charge in [0.2, 0.25) is 11.8 Å². The van der Waals surface area contributed by atoms with Gasteiger partial charge in [0.05, 0.1) is 21.3 Å². The van der Waals surface area contributed by atoms with E-state index in [0.29, 0.717) is 42.2 Å². The molecule has 2 aliphatic heterocycles. The first kappa shape index (κ1) is 22.5. The highest BCUT2D eigenvalue weighted by molar-refractivity contribution is 9.11. The van der Waals surface area contributed by atoms with Crippen LogP contribution in [-0.4, -0.2) is 60.7 Å². The zero-order valence-electron chi connectivity index (χ0n) is 17.5. The molecule has 4 amide bonds. The first-order valence-corrected chi connectivity index (χ1v) is 12.0. The molecule has 2 fully saturated rings. The Hall–Kier alpha value is -2.72. The third kappa shape index (κ3) is 4.86. The molecule has 10 heteroatoms. The van der Waals surface area contributed by atoms with Crippen LogP contribution in [0.3, 0.4) is 0 Å². The van der Waals surface area contributed by atoms with Gasteiger partial charge < -0.3 is 20.4 Å². The summed E-state index contributed by atoms with van der Waals surface area (Å²) in [6, 6.07) is 8.53. The monoisotopic (exact) mass is 518 g/mol. The Kier molecular flexibility index (Phi) is 6.61. The fourth-order valence-corrected chi connectivity index (χ4v) is 5.24. The van der Waals surface area contributed by atoms with E-state index in [-0.39, 0.29) is 42.6 Å². The molecular formula is C22H23BrN4O4S. The average Bonchev–Trinajstić information content (AvgIpc) is 3.27. The van der Waals surface area contributed by atoms with Crippen molar-refractivity contribution in [3.63, 3.8) is 0 Å². The smallest absolute Gasteiger partial charge is 0.261 e. The minimum Gasteiger partial charge on any atom is -0.354 e. The topological polar surface area (TPSA) is 98.8 Å². The summed E-state index contributed by atoms with van der Waals surface area (Å²) >= 11 is 4.69. The van der Waals surface area contributed by atoms with Gasteiger partial charge in [-0.2, -0.15) is 0 Å². The molecule has 0 spiro atoms. The third-order valence-electron chi connectivity index (χ3n) is 5.56. The number of amides is 4. The number of carbonyl (C=O) groups excluding carboxylic acids is 4. The quantitative estimate of drug-likeness (QED) is 0.648. The van der Waals surface area contributed by atoms with Gasteiger partial charge >= 0.3 is 0 Å². The summed E-state index contributed by atoms with van der Waals surface area (Å²) in [4.78, 5) is 53.5. The Morgan fingerprint density at radius 1 is 1.22 bits per heavy atom. The fourth-order valence-electron chi connectivity index (χ4n) is 3.95. The Morgan fingerprint density at radius 2 is 2.03 bits per heavy atom. The zero-order chi connectivity index (χ0) is 22.8. The summed E-state index contributed by atoms with van der Waals surface area (Å²) < 4.78 is 0.873. The van der Waals surface area contributed by atoms with Gasteiger partial charge in [0.1, 0.15) is 0 Å². The van der Waals surface area contributed by atoms with E-state index in [0.717, 1.165) is 9.35 Å². The zero-order valence-corrected chi connectivity index (χ0v) is 19.9. The van der Waals surface area contributed by atoms with Gasteiger partial charge in [-0.05, 0) is 65.2 Å². The van der Waals surface area contributed by atoms with E-state index < -0.39 is 0 Å². The Bertz CT molecular complexity index is 1090. The second kappa shape index (κ2) is 9.41. The van der Waals surface area contributed by atoms with E-state index in [1.807, 2.05) is 19.1 Å². The molecule has 0 radical (unpaired) electrons. The van der Waals surface area contributed by atoms with Crippen LogP contribution in [0.25, 0.3) is 0 Å². The molecule has 0 aliphatic carbocycles. The first-order valence-electron chi connectivity index (χ1n) is 10.3. The molecule has 1 aromatic heterocycles. The van der Waals surface area contributed by atoms with Crippen molar-refractivity contribution < 1.29 is 19.2 Å². The Balaban J connectivity index is 1.44. The molecule has 8 nitrogen and oxygen atoms in total. The molecule has 1 atom stereocenters. The number of rotatable bonds is 4. The van der Waals surface area contributed by atoms with Crippen molar-refractivity contribution in [3.8, 4) is 0 Å². The molecule has 1 aromatic carbocycles. The van der Waals surface area contributed by atoms with E-state index in [1.165, 1.54) is 11.3 Å². The summed E-state index contributed by atoms with van der Waals surface area (Å²) in [5, 5.41) is 5.69. The van der Waals surface area contributed by atoms with E-state index in [9.17, 15) is 19.2 Å². The summed E-state index contributed by atoms with van der Waals surface area (Å²) in [5.74, 6) is -0.619. The van der Waals surface area contributed by atoms with Crippen LogP contribution in [0.15, 0.2) is 34.1 Å². The number of nitrogens with zero attached hydrogens (tertiary/aromatic N) is 2. The van der Waals surface area contributed by atoms with Crippen molar-refractivity contribution in [2.24, 2.45) is 0 Å². The van der Waals surface area contributed by atoms with Crippen LogP contribution in [0.2, 0.25) is 0 Å². The predicted octanol–water partition coefficient (Wildman–Crippen LogP) is 2.32. The molecule has 168 valence electrons. The van der Waals surface area contributed by atoms with Gasteiger partial charge in [-0.15, -0.1) is 11.3 Å². The standard InChI is InChI=1S/C22H23BrN4O4S/c1-13-9-15(3-4-16(13)22(31)26-8-2-7-24-19(28)12-26)27-11-14(10-20(27)29)25-21(30)17-5-6-18(23)32-17/h3-6,9,14H,2,7-8,10-12H2,1H3,(H,24,28)(H,25,30). The lowest BCUT2D eigenvalue weighted by molar-refractivity contribution is -0.121. The summed E-state index contributed by atoms with van der Waals surface area (Å²) in [6.07, 6.45) is 0.938. The molecule has 0 saturated carbocycles. The first-order chi connectivity index (χ1) is 15.3. The normalized spacial score (nSPS) is 19.0. The van der Waals surface area contributed by atoms with Crippen molar-refractivity contribution in [2.75, 3.05) is 31.1 Å². The predicted molar refractivity (Wildman–Crippen MR) is 125 cm³/mol. The highest BCUT2D eigenvalue weighted by atomic mass is 79.9. The van der Waals surface area contributed by atoms with Crippen molar-refractivity contribution in [2.45, 2.75) is 25.8 Å². The maximum absolute atomic E-state index is 12.9. The van der Waals surface area contributed by atoms with Gasteiger partial charge in [-0.25, -0.2) is 0 Å². The van der Waals surface area contributed by atoms with Crippen LogP contribution >= 0.6 is 27.3 Å². The van der Waals surface area contributed by atoms with Crippen LogP contribution in [0.1, 0.15) is 38.4 Å². The SMILES string of the molecule is Cc1cc(N2CC(NC(=O)c3ccc(Br)s3)CC2=O)ccc1C(=O)N1CCCNC(=O)C1. The Morgan fingerprint density at radius 3 is 2.75 bits per heavy atom. The van der Waals surface area contributed by atoms with E-state index in [2.05, 4.69) is 26.6 Å². The molecule has 32 heavy (non-hydrogen) atoms. The van der Waals surface area contributed by atoms with Gasteiger partial charge in [0.15, 0.2) is 0 Å². The lowest BCUT2D eigenvalue weighted by atomic mass is 10.1. The maximum atomic E-state index is 12.9. The van der Waals surface area contributed by atoms with Crippen LogP contribution < -0.4 is 15.5 Å². The number of hydrogen-bond acceptors (Lipinski definition) is 5. The molecule has 1 unspecified atom stereocenters. The summed E-state index contributed by atoms with van der Waals surface area (Å²) in [5.41, 5.74) is 1.94. The van der Waals surface area contributed by atoms with Crippen molar-refractivity contribution in [1.82, 2.24) is 15.5 Å². The molecular weight excluding hydrogens is 496 g/mol. The van der Waals surface area contributed by atoms with Gasteiger partial charge in [-0.1, -0.05) is 0 Å². The summed E-state index contributed by atoms with van der Waals surface area (Å²) in [6.45, 7) is 3.33. The number of halogens is 1. The molecule has 3 heterocycles. The van der Waals surface area contributed by atoms with Crippen molar-refractivity contribution in [3.05, 3.63) is 50.1 Å². The number of carbonyl (C=O) groups is 4. The number of nitrogens with one attached hydrogen (secondary N) is 2.